The molecular formula is C25H34O3. The van der Waals surface area contributed by atoms with Gasteiger partial charge < -0.3 is 13.3 Å². The van der Waals surface area contributed by atoms with E-state index in [1.54, 1.807) is 0 Å². The molecule has 0 aliphatic rings. The van der Waals surface area contributed by atoms with Gasteiger partial charge in [-0.05, 0) is 73.9 Å². The van der Waals surface area contributed by atoms with Crippen LogP contribution in [0.2, 0.25) is 0 Å². The highest BCUT2D eigenvalue weighted by Gasteiger charge is 2.20. The highest BCUT2D eigenvalue weighted by Crippen LogP contribution is 2.32. The Bertz CT molecular complexity index is 906. The third-order valence-corrected chi connectivity index (χ3v) is 5.94. The Morgan fingerprint density at radius 2 is 1.39 bits per heavy atom. The standard InChI is InChI=1S/C25H34O3/c1-15(2)24-19(6)21(13-27-24)9-8-17(4)25-20(7)22(14-28-25)11-18(5)23-10-16(3)12-26-23/h10,12-15,17-18H,8-9,11H2,1-7H3. The molecule has 0 amide bonds. The smallest absolute Gasteiger partial charge is 0.109 e. The maximum Gasteiger partial charge on any atom is 0.109 e. The zero-order valence-electron chi connectivity index (χ0n) is 18.4. The zero-order valence-corrected chi connectivity index (χ0v) is 18.4. The molecule has 0 saturated heterocycles. The van der Waals surface area contributed by atoms with Crippen molar-refractivity contribution in [2.45, 2.75) is 85.5 Å². The van der Waals surface area contributed by atoms with Crippen LogP contribution in [-0.4, -0.2) is 0 Å². The highest BCUT2D eigenvalue weighted by molar-refractivity contribution is 5.32. The van der Waals surface area contributed by atoms with Crippen molar-refractivity contribution in [1.29, 1.82) is 0 Å². The van der Waals surface area contributed by atoms with E-state index in [-0.39, 0.29) is 0 Å². The largest absolute Gasteiger partial charge is 0.469 e. The fourth-order valence-electron chi connectivity index (χ4n) is 4.09. The first-order chi connectivity index (χ1) is 13.3. The summed E-state index contributed by atoms with van der Waals surface area (Å²) < 4.78 is 17.5. The molecule has 0 aliphatic carbocycles. The summed E-state index contributed by atoms with van der Waals surface area (Å²) in [5.74, 6) is 4.43. The summed E-state index contributed by atoms with van der Waals surface area (Å²) in [6.07, 6.45) is 8.70. The van der Waals surface area contributed by atoms with Crippen molar-refractivity contribution >= 4 is 0 Å². The number of rotatable bonds is 8. The van der Waals surface area contributed by atoms with E-state index in [4.69, 9.17) is 13.3 Å². The van der Waals surface area contributed by atoms with Crippen LogP contribution < -0.4 is 0 Å². The predicted octanol–water partition coefficient (Wildman–Crippen LogP) is 7.60. The minimum Gasteiger partial charge on any atom is -0.469 e. The van der Waals surface area contributed by atoms with Crippen molar-refractivity contribution in [2.75, 3.05) is 0 Å². The van der Waals surface area contributed by atoms with E-state index in [2.05, 4.69) is 54.5 Å². The fraction of sp³-hybridized carbons (Fsp3) is 0.520. The average Bonchev–Trinajstić information content (AvgIpc) is 3.33. The maximum absolute atomic E-state index is 6.01. The molecular weight excluding hydrogens is 348 g/mol. The molecule has 0 bridgehead atoms. The van der Waals surface area contributed by atoms with Gasteiger partial charge in [0.05, 0.1) is 18.8 Å². The fourth-order valence-corrected chi connectivity index (χ4v) is 4.09. The minimum atomic E-state index is 0.344. The number of aryl methyl sites for hydroxylation is 2. The Balaban J connectivity index is 1.64. The highest BCUT2D eigenvalue weighted by atomic mass is 16.3. The summed E-state index contributed by atoms with van der Waals surface area (Å²) in [6, 6.07) is 2.13. The van der Waals surface area contributed by atoms with Gasteiger partial charge in [-0.2, -0.15) is 0 Å². The summed E-state index contributed by atoms with van der Waals surface area (Å²) in [5, 5.41) is 0. The number of hydrogen-bond donors (Lipinski definition) is 0. The molecule has 0 fully saturated rings. The Morgan fingerprint density at radius 3 is 2.00 bits per heavy atom. The van der Waals surface area contributed by atoms with Gasteiger partial charge in [-0.3, -0.25) is 0 Å². The first-order valence-corrected chi connectivity index (χ1v) is 10.5. The number of hydrogen-bond acceptors (Lipinski definition) is 3. The molecule has 2 atom stereocenters. The van der Waals surface area contributed by atoms with E-state index in [1.165, 1.54) is 27.8 Å². The molecule has 3 aromatic heterocycles. The van der Waals surface area contributed by atoms with Crippen molar-refractivity contribution in [3.63, 3.8) is 0 Å². The van der Waals surface area contributed by atoms with E-state index >= 15 is 0 Å². The van der Waals surface area contributed by atoms with Crippen LogP contribution >= 0.6 is 0 Å². The van der Waals surface area contributed by atoms with E-state index in [9.17, 15) is 0 Å². The van der Waals surface area contributed by atoms with Crippen LogP contribution in [0, 0.1) is 20.8 Å². The van der Waals surface area contributed by atoms with Crippen molar-refractivity contribution in [2.24, 2.45) is 0 Å². The van der Waals surface area contributed by atoms with Crippen LogP contribution in [0.5, 0.6) is 0 Å². The van der Waals surface area contributed by atoms with Gasteiger partial charge in [-0.25, -0.2) is 0 Å². The Kier molecular flexibility index (Phi) is 6.22. The number of furan rings is 3. The van der Waals surface area contributed by atoms with Crippen molar-refractivity contribution in [3.05, 3.63) is 70.0 Å². The molecule has 28 heavy (non-hydrogen) atoms. The summed E-state index contributed by atoms with van der Waals surface area (Å²) >= 11 is 0. The van der Waals surface area contributed by atoms with Crippen molar-refractivity contribution in [3.8, 4) is 0 Å². The van der Waals surface area contributed by atoms with Crippen LogP contribution in [0.1, 0.15) is 97.0 Å². The van der Waals surface area contributed by atoms with Gasteiger partial charge in [0.15, 0.2) is 0 Å². The molecule has 2 unspecified atom stereocenters. The lowest BCUT2D eigenvalue weighted by Gasteiger charge is -2.11. The third-order valence-electron chi connectivity index (χ3n) is 5.94. The van der Waals surface area contributed by atoms with Gasteiger partial charge in [-0.1, -0.05) is 27.7 Å². The van der Waals surface area contributed by atoms with Crippen molar-refractivity contribution < 1.29 is 13.3 Å². The maximum atomic E-state index is 6.01. The van der Waals surface area contributed by atoms with E-state index < -0.39 is 0 Å². The van der Waals surface area contributed by atoms with Crippen LogP contribution in [-0.2, 0) is 12.8 Å². The Hall–Kier alpha value is -2.16. The summed E-state index contributed by atoms with van der Waals surface area (Å²) in [6.45, 7) is 15.2. The van der Waals surface area contributed by atoms with Crippen LogP contribution in [0.25, 0.3) is 0 Å². The molecule has 3 heteroatoms. The summed E-state index contributed by atoms with van der Waals surface area (Å²) in [7, 11) is 0. The van der Waals surface area contributed by atoms with Crippen LogP contribution in [0.4, 0.5) is 0 Å². The van der Waals surface area contributed by atoms with Gasteiger partial charge in [0, 0.05) is 17.8 Å². The minimum absolute atomic E-state index is 0.344. The Morgan fingerprint density at radius 1 is 0.750 bits per heavy atom. The second kappa shape index (κ2) is 8.46. The van der Waals surface area contributed by atoms with Crippen LogP contribution in [0.3, 0.4) is 0 Å². The third kappa shape index (κ3) is 4.29. The second-order valence-electron chi connectivity index (χ2n) is 8.73. The summed E-state index contributed by atoms with van der Waals surface area (Å²) in [5.41, 5.74) is 6.37. The lowest BCUT2D eigenvalue weighted by Crippen LogP contribution is -2.00. The topological polar surface area (TPSA) is 39.4 Å². The average molecular weight is 383 g/mol. The van der Waals surface area contributed by atoms with E-state index in [1.807, 2.05) is 18.8 Å². The normalized spacial score (nSPS) is 14.0. The van der Waals surface area contributed by atoms with Crippen LogP contribution in [0.15, 0.2) is 38.1 Å². The van der Waals surface area contributed by atoms with E-state index in [0.29, 0.717) is 17.8 Å². The van der Waals surface area contributed by atoms with E-state index in [0.717, 1.165) is 36.5 Å². The molecule has 3 rings (SSSR count). The first kappa shape index (κ1) is 20.6. The molecule has 0 saturated carbocycles. The summed E-state index contributed by atoms with van der Waals surface area (Å²) in [4.78, 5) is 0. The van der Waals surface area contributed by atoms with Gasteiger partial charge in [0.25, 0.3) is 0 Å². The van der Waals surface area contributed by atoms with Gasteiger partial charge in [0.2, 0.25) is 0 Å². The molecule has 3 nitrogen and oxygen atoms in total. The predicted molar refractivity (Wildman–Crippen MR) is 113 cm³/mol. The molecule has 3 aromatic rings. The second-order valence-corrected chi connectivity index (χ2v) is 8.73. The van der Waals surface area contributed by atoms with Gasteiger partial charge in [0.1, 0.15) is 17.3 Å². The molecule has 0 radical (unpaired) electrons. The lowest BCUT2D eigenvalue weighted by atomic mass is 9.92. The lowest BCUT2D eigenvalue weighted by molar-refractivity contribution is 0.454. The Labute approximate surface area is 169 Å². The van der Waals surface area contributed by atoms with Gasteiger partial charge >= 0.3 is 0 Å². The van der Waals surface area contributed by atoms with Gasteiger partial charge in [-0.15, -0.1) is 0 Å². The van der Waals surface area contributed by atoms with Crippen molar-refractivity contribution in [1.82, 2.24) is 0 Å². The quantitative estimate of drug-likeness (QED) is 0.403. The molecule has 0 aromatic carbocycles. The molecule has 0 N–H and O–H groups in total. The SMILES string of the molecule is Cc1coc(C(C)Cc2coc(C(C)CCc3coc(C(C)C)c3C)c2C)c1. The zero-order chi connectivity index (χ0) is 20.4. The molecule has 0 aliphatic heterocycles. The first-order valence-electron chi connectivity index (χ1n) is 10.5. The molecule has 3 heterocycles. The molecule has 0 spiro atoms. The molecule has 152 valence electrons. The monoisotopic (exact) mass is 382 g/mol.